The molecule has 14 rings (SSSR count). The van der Waals surface area contributed by atoms with E-state index in [1.54, 1.807) is 172 Å². The van der Waals surface area contributed by atoms with Crippen molar-refractivity contribution in [2.45, 2.75) is 173 Å². The summed E-state index contributed by atoms with van der Waals surface area (Å²) in [6.45, 7) is 14.0. The van der Waals surface area contributed by atoms with Crippen molar-refractivity contribution in [3.05, 3.63) is 167 Å². The number of hydrogen-bond acceptors (Lipinski definition) is 23. The van der Waals surface area contributed by atoms with E-state index in [2.05, 4.69) is 62.4 Å². The topological polar surface area (TPSA) is 478 Å². The number of benzene rings is 6. The number of likely N-dealkylation sites (tertiary alicyclic amines) is 1. The number of piperidine rings is 2. The van der Waals surface area contributed by atoms with Gasteiger partial charge in [-0.15, -0.1) is 0 Å². The molecule has 18 amide bonds. The summed E-state index contributed by atoms with van der Waals surface area (Å²) in [5.41, 5.74) is 7.38. The molecule has 6 saturated heterocycles. The zero-order valence-electron chi connectivity index (χ0n) is 78.2. The van der Waals surface area contributed by atoms with Gasteiger partial charge in [-0.3, -0.25) is 88.7 Å². The van der Waals surface area contributed by atoms with E-state index in [1.807, 2.05) is 12.1 Å². The van der Waals surface area contributed by atoms with E-state index in [0.717, 1.165) is 67.5 Å². The lowest BCUT2D eigenvalue weighted by molar-refractivity contribution is -0.140. The van der Waals surface area contributed by atoms with E-state index in [-0.39, 0.29) is 103 Å². The number of carboxylic acids is 1. The molecule has 10 N–H and O–H groups in total. The van der Waals surface area contributed by atoms with Crippen LogP contribution < -0.4 is 57.2 Å². The number of nitrogen functional groups attached to an aromatic ring is 1. The Bertz CT molecular complexity index is 5200. The fourth-order valence-electron chi connectivity index (χ4n) is 17.2. The van der Waals surface area contributed by atoms with Gasteiger partial charge in [-0.1, -0.05) is 89.5 Å². The first kappa shape index (κ1) is 106. The number of carboxylic acid groups (broad SMARTS) is 1. The number of likely N-dealkylation sites (N-methyl/N-ethyl adjacent to an activating group) is 4. The Balaban J connectivity index is 0.000000209. The number of nitrogens with two attached hydrogens (primary N) is 1. The van der Waals surface area contributed by atoms with Gasteiger partial charge < -0.3 is 55.7 Å². The number of aryl methyl sites for hydroxylation is 2. The van der Waals surface area contributed by atoms with Crippen molar-refractivity contribution in [1.29, 1.82) is 0 Å². The van der Waals surface area contributed by atoms with Crippen LogP contribution in [0.3, 0.4) is 0 Å². The molecule has 6 aromatic rings. The van der Waals surface area contributed by atoms with Gasteiger partial charge in [0.25, 0.3) is 35.4 Å². The number of hydrogen-bond donors (Lipinski definition) is 9. The molecule has 4 spiro atoms. The average Bonchev–Trinajstić information content (AvgIpc) is 1.62. The second kappa shape index (κ2) is 47.1. The molecule has 6 aromatic carbocycles. The molecule has 6 aliphatic heterocycles. The molecule has 8 aliphatic rings. The normalized spacial score (nSPS) is 17.5. The highest BCUT2D eigenvalue weighted by molar-refractivity contribution is 6.61. The molecule has 38 nitrogen and oxygen atoms in total. The number of urea groups is 4. The van der Waals surface area contributed by atoms with Gasteiger partial charge in [0.1, 0.15) is 45.9 Å². The van der Waals surface area contributed by atoms with Crippen LogP contribution in [0.5, 0.6) is 0 Å². The Morgan fingerprint density at radius 2 is 0.711 bits per heavy atom. The first-order chi connectivity index (χ1) is 63.9. The highest BCUT2D eigenvalue weighted by Gasteiger charge is 2.61. The number of nitrogens with one attached hydrogen (secondary N) is 6. The fourth-order valence-corrected chi connectivity index (χ4v) is 17.2. The van der Waals surface area contributed by atoms with Gasteiger partial charge >= 0.3 is 53.8 Å². The molecule has 135 heavy (non-hydrogen) atoms. The number of aliphatic carboxylic acids is 1. The number of amides is 18. The third-order valence-electron chi connectivity index (χ3n) is 24.3. The molecule has 8 fully saturated rings. The first-order valence-corrected chi connectivity index (χ1v) is 44.2. The second-order valence-electron chi connectivity index (χ2n) is 33.8. The van der Waals surface area contributed by atoms with Gasteiger partial charge in [0.15, 0.2) is 0 Å². The monoisotopic (exact) mass is 1900 g/mol. The number of ether oxygens (including phenoxy) is 4. The van der Waals surface area contributed by atoms with Crippen LogP contribution in [0.4, 0.5) is 92.6 Å². The molecular weight excluding hydrogens is 1780 g/mol. The zero-order valence-corrected chi connectivity index (χ0v) is 79.0. The van der Waals surface area contributed by atoms with Crippen LogP contribution in [0.15, 0.2) is 133 Å². The molecule has 0 aromatic heterocycles. The minimum absolute atomic E-state index is 0.0703. The van der Waals surface area contributed by atoms with E-state index in [0.29, 0.717) is 84.1 Å². The van der Waals surface area contributed by atoms with Gasteiger partial charge in [-0.25, -0.2) is 51.9 Å². The van der Waals surface area contributed by atoms with E-state index < -0.39 is 93.4 Å². The molecule has 6 heterocycles. The van der Waals surface area contributed by atoms with Crippen molar-refractivity contribution in [2.75, 3.05) is 131 Å². The highest BCUT2D eigenvalue weighted by Crippen LogP contribution is 2.47. The molecule has 728 valence electrons. The van der Waals surface area contributed by atoms with Crippen LogP contribution in [-0.4, -0.2) is 254 Å². The maximum Gasteiger partial charge on any atom is 0.411 e. The SMILES string of the molecule is CCO.CN1C(=O)N(c2ccc(N)cc2)C2(CCCCC2)C1=O.COC(=O)Cl.COC(=O)Nc1ccc(N2C(=O)N(C)C(=O)C23CCCCC3)cc1.COC(=O)Nc1ccc(N2C(=O)N(C)C(=O)C23CCN(C(=O)[C@H](NC(=O)c2cc(C)ccc2F)C(C)C)CC3)cc1.COC(=O)Nc1ccc(N2C(=O)N(C)C(=O)C23CCNCC3)cc1.Cc1ccc(F)c(C(=O)N[C@@H](C(=O)O)C(C)C)c1. The van der Waals surface area contributed by atoms with E-state index in [1.165, 1.54) is 93.4 Å². The number of halogens is 3. The predicted molar refractivity (Wildman–Crippen MR) is 499 cm³/mol. The third-order valence-corrected chi connectivity index (χ3v) is 24.4. The Labute approximate surface area is 786 Å². The van der Waals surface area contributed by atoms with Crippen LogP contribution in [0.1, 0.15) is 156 Å². The second-order valence-corrected chi connectivity index (χ2v) is 34.1. The van der Waals surface area contributed by atoms with E-state index in [4.69, 9.17) is 15.9 Å². The molecule has 0 unspecified atom stereocenters. The summed E-state index contributed by atoms with van der Waals surface area (Å²) < 4.78 is 45.4. The molecule has 0 bridgehead atoms. The Kier molecular flexibility index (Phi) is 37.2. The standard InChI is InChI=1S/C29H34FN5O6.C17H21N3O4.C16H20N4O4.C15H19N3O2.C13H16FNO3.C2H3ClO2.C2H6O/c1-17(2)23(32-24(36)21-16-18(3)6-11-22(21)30)25(37)34-14-12-29(13-15-34)26(38)33(4)28(40)35(29)20-9-7-19(8-10-20)31-27(39)41-5;1-19-14(21)17(10-4-3-5-11-17)20(16(19)23)13-8-6-12(7-9-13)18-15(22)24-2;1-19-13(21)16(7-9-17-10-8-16)20(15(19)23)12-5-3-11(4-6-12)18-14(22)24-2;1-17-13(19)15(9-3-2-4-10-15)18(14(17)20)12-7-5-11(16)6-8-12;1-7(2)11(13(17)18)15-12(16)9-6-8(3)4-5-10(9)14;1-5-2(3)4;1-2-3/h6-11,16-17,23H,12-15H2,1-5H3,(H,31,39)(H,32,36);6-9H,3-5,10-11H2,1-2H3,(H,18,22);3-6,17H,7-10H2,1-2H3,(H,18,22);5-8H,2-4,9-10,16H2,1H3;4-7,11H,1-3H3,(H,15,16)(H,17,18);1H3;3H,2H2,1H3/t23-;;;;11-;;/m1...1../s1. The van der Waals surface area contributed by atoms with Crippen molar-refractivity contribution >= 4 is 152 Å². The quantitative estimate of drug-likeness (QED) is 0.0199. The number of nitrogens with zero attached hydrogens (tertiary/aromatic N) is 9. The van der Waals surface area contributed by atoms with Gasteiger partial charge in [0.2, 0.25) is 5.91 Å². The third kappa shape index (κ3) is 24.4. The number of carbonyl (C=O) groups excluding carboxylic acids is 15. The van der Waals surface area contributed by atoms with Crippen LogP contribution in [0.2, 0.25) is 0 Å². The first-order valence-electron chi connectivity index (χ1n) is 43.9. The van der Waals surface area contributed by atoms with Gasteiger partial charge in [0, 0.05) is 105 Å². The number of methoxy groups -OCH3 is 4. The average molecular weight is 1900 g/mol. The summed E-state index contributed by atoms with van der Waals surface area (Å²) in [6.07, 6.45) is 8.66. The van der Waals surface area contributed by atoms with Crippen molar-refractivity contribution in [1.82, 2.24) is 40.4 Å². The van der Waals surface area contributed by atoms with Crippen molar-refractivity contribution in [3.63, 3.8) is 0 Å². The van der Waals surface area contributed by atoms with E-state index in [9.17, 15) is 85.5 Å². The van der Waals surface area contributed by atoms with Crippen molar-refractivity contribution < 1.29 is 115 Å². The van der Waals surface area contributed by atoms with E-state index >= 15 is 0 Å². The van der Waals surface area contributed by atoms with Crippen LogP contribution in [0, 0.1) is 37.3 Å². The smallest absolute Gasteiger partial charge is 0.411 e. The number of carbonyl (C=O) groups is 16. The lowest BCUT2D eigenvalue weighted by atomic mass is 9.80. The maximum absolute atomic E-state index is 14.3. The van der Waals surface area contributed by atoms with Crippen molar-refractivity contribution in [3.8, 4) is 0 Å². The molecule has 0 radical (unpaired) electrons. The molecule has 41 heteroatoms. The summed E-state index contributed by atoms with van der Waals surface area (Å²) >= 11 is 4.60. The molecular formula is C94H119ClF2N16O22. The van der Waals surface area contributed by atoms with Crippen LogP contribution in [0.25, 0.3) is 0 Å². The number of aliphatic hydroxyl groups is 1. The molecule has 2 saturated carbocycles. The Hall–Kier alpha value is -13.9. The highest BCUT2D eigenvalue weighted by atomic mass is 35.5. The zero-order chi connectivity index (χ0) is 99.9. The van der Waals surface area contributed by atoms with Gasteiger partial charge in [0.05, 0.1) is 39.6 Å². The summed E-state index contributed by atoms with van der Waals surface area (Å²) in [7, 11) is 11.1. The van der Waals surface area contributed by atoms with Gasteiger partial charge in [-0.05, 0) is 218 Å². The predicted octanol–water partition coefficient (Wildman–Crippen LogP) is 13.2. The molecule has 2 aliphatic carbocycles. The minimum Gasteiger partial charge on any atom is -0.480 e. The summed E-state index contributed by atoms with van der Waals surface area (Å²) in [5, 5.41) is 32.4. The lowest BCUT2D eigenvalue weighted by Gasteiger charge is -2.43. The van der Waals surface area contributed by atoms with Gasteiger partial charge in [-0.2, -0.15) is 0 Å². The molecule has 2 atom stereocenters. The lowest BCUT2D eigenvalue weighted by Crippen LogP contribution is -2.60. The summed E-state index contributed by atoms with van der Waals surface area (Å²) in [5.74, 6) is -5.49. The minimum atomic E-state index is -1.19. The Morgan fingerprint density at radius 1 is 0.437 bits per heavy atom. The summed E-state index contributed by atoms with van der Waals surface area (Å²) in [6, 6.07) is 32.3. The van der Waals surface area contributed by atoms with Crippen LogP contribution in [-0.2, 0) is 47.7 Å². The number of aliphatic hydroxyl groups excluding tert-OH is 1. The fraction of sp³-hybridized carbons (Fsp3) is 0.447. The summed E-state index contributed by atoms with van der Waals surface area (Å²) in [4.78, 5) is 208. The van der Waals surface area contributed by atoms with Crippen molar-refractivity contribution in [2.24, 2.45) is 11.8 Å². The van der Waals surface area contributed by atoms with Crippen LogP contribution >= 0.6 is 11.6 Å². The Morgan fingerprint density at radius 3 is 0.985 bits per heavy atom. The number of rotatable bonds is 15. The maximum atomic E-state index is 14.3. The largest absolute Gasteiger partial charge is 0.480 e. The number of imide groups is 4. The number of anilines is 8.